The van der Waals surface area contributed by atoms with Crippen molar-refractivity contribution in [2.24, 2.45) is 7.05 Å². The first-order valence-corrected chi connectivity index (χ1v) is 8.08. The molecule has 1 aliphatic carbocycles. The Labute approximate surface area is 131 Å². The maximum absolute atomic E-state index is 6.00. The van der Waals surface area contributed by atoms with Crippen LogP contribution in [-0.4, -0.2) is 20.8 Å². The Morgan fingerprint density at radius 1 is 1.32 bits per heavy atom. The Morgan fingerprint density at radius 2 is 2.14 bits per heavy atom. The molecule has 0 bridgehead atoms. The van der Waals surface area contributed by atoms with Crippen LogP contribution in [0.3, 0.4) is 0 Å². The van der Waals surface area contributed by atoms with E-state index in [1.165, 1.54) is 32.1 Å². The smallest absolute Gasteiger partial charge is 0.222 e. The van der Waals surface area contributed by atoms with E-state index in [0.717, 1.165) is 29.4 Å². The third-order valence-electron chi connectivity index (χ3n) is 4.31. The van der Waals surface area contributed by atoms with Gasteiger partial charge in [0.25, 0.3) is 0 Å². The molecule has 2 aromatic rings. The van der Waals surface area contributed by atoms with Gasteiger partial charge >= 0.3 is 0 Å². The lowest BCUT2D eigenvalue weighted by atomic mass is 9.95. The fourth-order valence-corrected chi connectivity index (χ4v) is 3.08. The summed E-state index contributed by atoms with van der Waals surface area (Å²) in [5.41, 5.74) is 2.15. The highest BCUT2D eigenvalue weighted by molar-refractivity contribution is 5.34. The molecular formula is C17H24N4O. The molecule has 22 heavy (non-hydrogen) atoms. The van der Waals surface area contributed by atoms with Crippen molar-refractivity contribution in [2.75, 3.05) is 0 Å². The summed E-state index contributed by atoms with van der Waals surface area (Å²) in [5, 5.41) is 8.17. The molecule has 5 nitrogen and oxygen atoms in total. The van der Waals surface area contributed by atoms with Gasteiger partial charge in [-0.15, -0.1) is 0 Å². The Morgan fingerprint density at radius 3 is 2.86 bits per heavy atom. The summed E-state index contributed by atoms with van der Waals surface area (Å²) in [4.78, 5) is 4.10. The van der Waals surface area contributed by atoms with Crippen molar-refractivity contribution in [1.29, 1.82) is 0 Å². The fourth-order valence-electron chi connectivity index (χ4n) is 3.08. The van der Waals surface area contributed by atoms with Crippen LogP contribution in [0.2, 0.25) is 0 Å². The highest BCUT2D eigenvalue weighted by Crippen LogP contribution is 2.27. The van der Waals surface area contributed by atoms with Crippen LogP contribution in [0.5, 0.6) is 11.6 Å². The van der Waals surface area contributed by atoms with E-state index in [0.29, 0.717) is 6.04 Å². The van der Waals surface area contributed by atoms with Gasteiger partial charge in [0.2, 0.25) is 5.88 Å². The lowest BCUT2D eigenvalue weighted by Crippen LogP contribution is -2.30. The molecule has 0 spiro atoms. The van der Waals surface area contributed by atoms with Gasteiger partial charge in [-0.2, -0.15) is 5.10 Å². The average Bonchev–Trinajstić information content (AvgIpc) is 2.81. The van der Waals surface area contributed by atoms with Gasteiger partial charge in [-0.3, -0.25) is 4.98 Å². The van der Waals surface area contributed by atoms with Crippen LogP contribution in [0, 0.1) is 6.92 Å². The molecule has 1 aliphatic rings. The van der Waals surface area contributed by atoms with E-state index in [9.17, 15) is 0 Å². The first-order valence-electron chi connectivity index (χ1n) is 8.08. The van der Waals surface area contributed by atoms with Gasteiger partial charge in [0.05, 0.1) is 17.5 Å². The molecule has 3 rings (SSSR count). The number of rotatable bonds is 5. The summed E-state index contributed by atoms with van der Waals surface area (Å²) in [6, 6.07) is 4.41. The first kappa shape index (κ1) is 15.0. The van der Waals surface area contributed by atoms with E-state index in [1.54, 1.807) is 17.1 Å². The monoisotopic (exact) mass is 300 g/mol. The Kier molecular flexibility index (Phi) is 4.73. The predicted molar refractivity (Wildman–Crippen MR) is 86.0 cm³/mol. The molecule has 118 valence electrons. The predicted octanol–water partition coefficient (Wildman–Crippen LogP) is 3.34. The van der Waals surface area contributed by atoms with E-state index in [4.69, 9.17) is 4.74 Å². The molecule has 0 amide bonds. The third-order valence-corrected chi connectivity index (χ3v) is 4.31. The van der Waals surface area contributed by atoms with Gasteiger partial charge in [0.15, 0.2) is 0 Å². The minimum atomic E-state index is 0.625. The fraction of sp³-hybridized carbons (Fsp3) is 0.529. The van der Waals surface area contributed by atoms with Crippen LogP contribution >= 0.6 is 0 Å². The minimum absolute atomic E-state index is 0.625. The van der Waals surface area contributed by atoms with Crippen molar-refractivity contribution < 1.29 is 4.74 Å². The second-order valence-electron chi connectivity index (χ2n) is 6.00. The standard InChI is InChI=1S/C17H24N4O/c1-13-16(12-19-14-7-4-3-5-8-14)17(21(2)20-13)22-15-9-6-10-18-11-15/h6,9-11,14,19H,3-5,7-8,12H2,1-2H3. The van der Waals surface area contributed by atoms with Crippen LogP contribution in [0.1, 0.15) is 43.4 Å². The van der Waals surface area contributed by atoms with Gasteiger partial charge in [0.1, 0.15) is 5.75 Å². The Balaban J connectivity index is 1.72. The maximum Gasteiger partial charge on any atom is 0.222 e. The lowest BCUT2D eigenvalue weighted by molar-refractivity contribution is 0.367. The van der Waals surface area contributed by atoms with Gasteiger partial charge < -0.3 is 10.1 Å². The van der Waals surface area contributed by atoms with Gasteiger partial charge in [-0.05, 0) is 31.9 Å². The Hall–Kier alpha value is -1.88. The Bertz CT molecular complexity index is 603. The molecule has 0 aromatic carbocycles. The quantitative estimate of drug-likeness (QED) is 0.920. The van der Waals surface area contributed by atoms with Crippen molar-refractivity contribution in [2.45, 2.75) is 51.6 Å². The van der Waals surface area contributed by atoms with Crippen molar-refractivity contribution in [3.8, 4) is 11.6 Å². The summed E-state index contributed by atoms with van der Waals surface area (Å²) < 4.78 is 7.80. The van der Waals surface area contributed by atoms with Gasteiger partial charge in [-0.25, -0.2) is 4.68 Å². The van der Waals surface area contributed by atoms with Crippen LogP contribution in [-0.2, 0) is 13.6 Å². The third kappa shape index (κ3) is 3.47. The number of aromatic nitrogens is 3. The van der Waals surface area contributed by atoms with Crippen molar-refractivity contribution in [3.05, 3.63) is 35.8 Å². The van der Waals surface area contributed by atoms with Gasteiger partial charge in [-0.1, -0.05) is 19.3 Å². The van der Waals surface area contributed by atoms with Crippen molar-refractivity contribution in [3.63, 3.8) is 0 Å². The number of nitrogens with one attached hydrogen (secondary N) is 1. The molecule has 1 fully saturated rings. The van der Waals surface area contributed by atoms with Crippen molar-refractivity contribution in [1.82, 2.24) is 20.1 Å². The normalized spacial score (nSPS) is 15.9. The molecule has 0 saturated heterocycles. The van der Waals surface area contributed by atoms with E-state index >= 15 is 0 Å². The number of pyridine rings is 1. The van der Waals surface area contributed by atoms with Crippen molar-refractivity contribution >= 4 is 0 Å². The zero-order valence-corrected chi connectivity index (χ0v) is 13.4. The van der Waals surface area contributed by atoms with E-state index in [2.05, 4.69) is 15.4 Å². The molecule has 0 unspecified atom stereocenters. The van der Waals surface area contributed by atoms with E-state index < -0.39 is 0 Å². The molecule has 0 aliphatic heterocycles. The molecule has 2 heterocycles. The summed E-state index contributed by atoms with van der Waals surface area (Å²) in [7, 11) is 1.92. The summed E-state index contributed by atoms with van der Waals surface area (Å²) in [5.74, 6) is 1.54. The van der Waals surface area contributed by atoms with Crippen LogP contribution in [0.15, 0.2) is 24.5 Å². The minimum Gasteiger partial charge on any atom is -0.437 e. The van der Waals surface area contributed by atoms with E-state index in [1.807, 2.05) is 26.1 Å². The number of hydrogen-bond donors (Lipinski definition) is 1. The second kappa shape index (κ2) is 6.92. The molecule has 0 radical (unpaired) electrons. The highest BCUT2D eigenvalue weighted by atomic mass is 16.5. The van der Waals surface area contributed by atoms with E-state index in [-0.39, 0.29) is 0 Å². The van der Waals surface area contributed by atoms with Crippen LogP contribution in [0.4, 0.5) is 0 Å². The summed E-state index contributed by atoms with van der Waals surface area (Å²) in [6.07, 6.45) is 10.1. The molecule has 2 aromatic heterocycles. The first-order chi connectivity index (χ1) is 10.7. The maximum atomic E-state index is 6.00. The number of ether oxygens (including phenoxy) is 1. The molecule has 1 N–H and O–H groups in total. The molecule has 1 saturated carbocycles. The number of hydrogen-bond acceptors (Lipinski definition) is 4. The summed E-state index contributed by atoms with van der Waals surface area (Å²) >= 11 is 0. The average molecular weight is 300 g/mol. The lowest BCUT2D eigenvalue weighted by Gasteiger charge is -2.23. The number of aryl methyl sites for hydroxylation is 2. The van der Waals surface area contributed by atoms with Gasteiger partial charge in [0, 0.05) is 25.8 Å². The number of nitrogens with zero attached hydrogens (tertiary/aromatic N) is 3. The highest BCUT2D eigenvalue weighted by Gasteiger charge is 2.18. The van der Waals surface area contributed by atoms with Crippen LogP contribution in [0.25, 0.3) is 0 Å². The zero-order valence-electron chi connectivity index (χ0n) is 13.4. The molecule has 5 heteroatoms. The molecule has 0 atom stereocenters. The van der Waals surface area contributed by atoms with Crippen LogP contribution < -0.4 is 10.1 Å². The summed E-state index contributed by atoms with van der Waals surface area (Å²) in [6.45, 7) is 2.84. The topological polar surface area (TPSA) is 52.0 Å². The largest absolute Gasteiger partial charge is 0.437 e. The SMILES string of the molecule is Cc1nn(C)c(Oc2cccnc2)c1CNC1CCCCC1. The zero-order chi connectivity index (χ0) is 15.4. The molecular weight excluding hydrogens is 276 g/mol. The second-order valence-corrected chi connectivity index (χ2v) is 6.00.